The van der Waals surface area contributed by atoms with Crippen molar-refractivity contribution in [2.75, 3.05) is 6.54 Å². The predicted octanol–water partition coefficient (Wildman–Crippen LogP) is 3.44. The third-order valence-corrected chi connectivity index (χ3v) is 4.53. The van der Waals surface area contributed by atoms with Crippen molar-refractivity contribution in [1.29, 1.82) is 0 Å². The molecule has 0 spiro atoms. The molecule has 0 heterocycles. The second kappa shape index (κ2) is 6.06. The number of aliphatic hydroxyl groups excluding tert-OH is 1. The van der Waals surface area contributed by atoms with Crippen LogP contribution in [0.15, 0.2) is 24.3 Å². The van der Waals surface area contributed by atoms with Crippen molar-refractivity contribution in [3.05, 3.63) is 35.4 Å². The number of hydrogen-bond donors (Lipinski definition) is 2. The Kier molecular flexibility index (Phi) is 4.64. The molecule has 0 amide bonds. The van der Waals surface area contributed by atoms with Crippen molar-refractivity contribution >= 4 is 0 Å². The van der Waals surface area contributed by atoms with Crippen LogP contribution in [-0.2, 0) is 6.42 Å². The van der Waals surface area contributed by atoms with Crippen molar-refractivity contribution in [3.63, 3.8) is 0 Å². The van der Waals surface area contributed by atoms with E-state index in [4.69, 9.17) is 5.73 Å². The van der Waals surface area contributed by atoms with Crippen molar-refractivity contribution in [3.8, 4) is 0 Å². The van der Waals surface area contributed by atoms with Gasteiger partial charge in [-0.25, -0.2) is 0 Å². The van der Waals surface area contributed by atoms with Crippen LogP contribution in [0.25, 0.3) is 0 Å². The molecule has 1 aliphatic carbocycles. The second-order valence-corrected chi connectivity index (χ2v) is 6.52. The van der Waals surface area contributed by atoms with E-state index < -0.39 is 6.10 Å². The van der Waals surface area contributed by atoms with E-state index in [0.717, 1.165) is 24.8 Å². The summed E-state index contributed by atoms with van der Waals surface area (Å²) < 4.78 is 0. The Morgan fingerprint density at radius 1 is 1.16 bits per heavy atom. The molecule has 0 aliphatic heterocycles. The zero-order valence-corrected chi connectivity index (χ0v) is 12.2. The number of aliphatic hydroxyl groups is 1. The van der Waals surface area contributed by atoms with Crippen LogP contribution in [0.4, 0.5) is 0 Å². The van der Waals surface area contributed by atoms with Gasteiger partial charge < -0.3 is 10.8 Å². The van der Waals surface area contributed by atoms with E-state index in [0.29, 0.717) is 12.5 Å². The van der Waals surface area contributed by atoms with E-state index in [1.165, 1.54) is 18.4 Å². The minimum Gasteiger partial charge on any atom is -0.388 e. The second-order valence-electron chi connectivity index (χ2n) is 6.52. The first-order valence-electron chi connectivity index (χ1n) is 7.54. The summed E-state index contributed by atoms with van der Waals surface area (Å²) in [5.41, 5.74) is 8.23. The molecule has 0 saturated heterocycles. The first kappa shape index (κ1) is 14.5. The molecule has 106 valence electrons. The molecule has 1 aliphatic rings. The van der Waals surface area contributed by atoms with Gasteiger partial charge in [-0.15, -0.1) is 0 Å². The predicted molar refractivity (Wildman–Crippen MR) is 79.9 cm³/mol. The highest BCUT2D eigenvalue weighted by Gasteiger charge is 2.39. The Hall–Kier alpha value is -0.860. The Morgan fingerprint density at radius 2 is 1.74 bits per heavy atom. The van der Waals surface area contributed by atoms with Gasteiger partial charge in [0.2, 0.25) is 0 Å². The molecular formula is C17H27NO. The van der Waals surface area contributed by atoms with Gasteiger partial charge in [-0.3, -0.25) is 0 Å². The summed E-state index contributed by atoms with van der Waals surface area (Å²) in [4.78, 5) is 0. The Labute approximate surface area is 117 Å². The zero-order chi connectivity index (χ0) is 13.9. The average Bonchev–Trinajstić information content (AvgIpc) is 2.88. The molecule has 2 heteroatoms. The van der Waals surface area contributed by atoms with Gasteiger partial charge in [0.15, 0.2) is 0 Å². The first-order valence-corrected chi connectivity index (χ1v) is 7.54. The first-order chi connectivity index (χ1) is 9.07. The Balaban J connectivity index is 2.12. The zero-order valence-electron chi connectivity index (χ0n) is 12.2. The van der Waals surface area contributed by atoms with Crippen molar-refractivity contribution < 1.29 is 5.11 Å². The fourth-order valence-electron chi connectivity index (χ4n) is 3.33. The molecule has 0 aromatic heterocycles. The highest BCUT2D eigenvalue weighted by molar-refractivity contribution is 5.26. The van der Waals surface area contributed by atoms with Gasteiger partial charge in [0.05, 0.1) is 6.10 Å². The van der Waals surface area contributed by atoms with Crippen molar-refractivity contribution in [1.82, 2.24) is 0 Å². The van der Waals surface area contributed by atoms with Gasteiger partial charge in [0, 0.05) is 12.0 Å². The number of hydrogen-bond acceptors (Lipinski definition) is 2. The smallest absolute Gasteiger partial charge is 0.0858 e. The maximum Gasteiger partial charge on any atom is 0.0858 e. The van der Waals surface area contributed by atoms with Gasteiger partial charge in [0.1, 0.15) is 0 Å². The number of benzene rings is 1. The van der Waals surface area contributed by atoms with Crippen LogP contribution >= 0.6 is 0 Å². The SMILES string of the molecule is CC(C)Cc1ccc(C(O)C2(CN)CCCC2)cc1. The van der Waals surface area contributed by atoms with E-state index in [-0.39, 0.29) is 5.41 Å². The van der Waals surface area contributed by atoms with Crippen molar-refractivity contribution in [2.24, 2.45) is 17.1 Å². The van der Waals surface area contributed by atoms with Crippen LogP contribution in [0.1, 0.15) is 56.8 Å². The highest BCUT2D eigenvalue weighted by Crippen LogP contribution is 2.46. The molecule has 1 unspecified atom stereocenters. The van der Waals surface area contributed by atoms with Crippen LogP contribution < -0.4 is 5.73 Å². The lowest BCUT2D eigenvalue weighted by Crippen LogP contribution is -2.34. The molecule has 2 rings (SSSR count). The van der Waals surface area contributed by atoms with E-state index in [1.54, 1.807) is 0 Å². The largest absolute Gasteiger partial charge is 0.388 e. The topological polar surface area (TPSA) is 46.2 Å². The normalized spacial score (nSPS) is 19.8. The maximum atomic E-state index is 10.7. The molecule has 1 atom stereocenters. The van der Waals surface area contributed by atoms with Gasteiger partial charge in [-0.1, -0.05) is 51.0 Å². The van der Waals surface area contributed by atoms with Crippen LogP contribution in [0.5, 0.6) is 0 Å². The molecule has 0 radical (unpaired) electrons. The summed E-state index contributed by atoms with van der Waals surface area (Å²) in [5.74, 6) is 0.668. The highest BCUT2D eigenvalue weighted by atomic mass is 16.3. The van der Waals surface area contributed by atoms with Gasteiger partial charge >= 0.3 is 0 Å². The third kappa shape index (κ3) is 3.18. The van der Waals surface area contributed by atoms with E-state index >= 15 is 0 Å². The molecule has 19 heavy (non-hydrogen) atoms. The standard InChI is InChI=1S/C17H27NO/c1-13(2)11-14-5-7-15(8-6-14)16(19)17(12-18)9-3-4-10-17/h5-8,13,16,19H,3-4,9-12,18H2,1-2H3. The lowest BCUT2D eigenvalue weighted by Gasteiger charge is -2.33. The van der Waals surface area contributed by atoms with Crippen LogP contribution in [0.3, 0.4) is 0 Å². The summed E-state index contributed by atoms with van der Waals surface area (Å²) in [6, 6.07) is 8.46. The molecule has 3 N–H and O–H groups in total. The summed E-state index contributed by atoms with van der Waals surface area (Å²) in [5, 5.41) is 10.7. The van der Waals surface area contributed by atoms with E-state index in [1.807, 2.05) is 0 Å². The van der Waals surface area contributed by atoms with Gasteiger partial charge in [-0.05, 0) is 36.3 Å². The quantitative estimate of drug-likeness (QED) is 0.853. The molecule has 1 saturated carbocycles. The number of rotatable bonds is 5. The molecular weight excluding hydrogens is 234 g/mol. The minimum absolute atomic E-state index is 0.0838. The monoisotopic (exact) mass is 261 g/mol. The van der Waals surface area contributed by atoms with Gasteiger partial charge in [0.25, 0.3) is 0 Å². The average molecular weight is 261 g/mol. The maximum absolute atomic E-state index is 10.7. The fraction of sp³-hybridized carbons (Fsp3) is 0.647. The molecule has 1 aromatic rings. The number of nitrogens with two attached hydrogens (primary N) is 1. The summed E-state index contributed by atoms with van der Waals surface area (Å²) in [7, 11) is 0. The van der Waals surface area contributed by atoms with Crippen LogP contribution in [0, 0.1) is 11.3 Å². The van der Waals surface area contributed by atoms with Crippen molar-refractivity contribution in [2.45, 2.75) is 52.1 Å². The summed E-state index contributed by atoms with van der Waals surface area (Å²) >= 11 is 0. The molecule has 1 aromatic carbocycles. The Morgan fingerprint density at radius 3 is 2.21 bits per heavy atom. The van der Waals surface area contributed by atoms with E-state index in [2.05, 4.69) is 38.1 Å². The van der Waals surface area contributed by atoms with Gasteiger partial charge in [-0.2, -0.15) is 0 Å². The third-order valence-electron chi connectivity index (χ3n) is 4.53. The summed E-state index contributed by atoms with van der Waals surface area (Å²) in [6.07, 6.45) is 5.18. The van der Waals surface area contributed by atoms with E-state index in [9.17, 15) is 5.11 Å². The Bertz CT molecular complexity index is 390. The fourth-order valence-corrected chi connectivity index (χ4v) is 3.33. The lowest BCUT2D eigenvalue weighted by molar-refractivity contribution is 0.0333. The molecule has 0 bridgehead atoms. The lowest BCUT2D eigenvalue weighted by atomic mass is 9.77. The molecule has 2 nitrogen and oxygen atoms in total. The van der Waals surface area contributed by atoms with Crippen LogP contribution in [0.2, 0.25) is 0 Å². The van der Waals surface area contributed by atoms with Crippen LogP contribution in [-0.4, -0.2) is 11.7 Å². The summed E-state index contributed by atoms with van der Waals surface area (Å²) in [6.45, 7) is 5.04. The minimum atomic E-state index is -0.409. The molecule has 1 fully saturated rings.